The van der Waals surface area contributed by atoms with Gasteiger partial charge in [-0.3, -0.25) is 0 Å². The average molecular weight is 154 g/mol. The van der Waals surface area contributed by atoms with Crippen LogP contribution in [0.2, 0.25) is 0 Å². The fraction of sp³-hybridized carbons (Fsp3) is 0.818. The summed E-state index contributed by atoms with van der Waals surface area (Å²) in [5.74, 6) is 1.53. The van der Waals surface area contributed by atoms with E-state index in [9.17, 15) is 0 Å². The van der Waals surface area contributed by atoms with Gasteiger partial charge in [0.05, 0.1) is 0 Å². The molecular formula is C11H22. The van der Waals surface area contributed by atoms with E-state index in [1.54, 1.807) is 5.57 Å². The van der Waals surface area contributed by atoms with Gasteiger partial charge < -0.3 is 0 Å². The summed E-state index contributed by atoms with van der Waals surface area (Å²) in [6.45, 7) is 11.4. The molecule has 0 heterocycles. The minimum absolute atomic E-state index is 0.751. The molecule has 1 unspecified atom stereocenters. The minimum atomic E-state index is 0.751. The fourth-order valence-corrected chi connectivity index (χ4v) is 1.08. The van der Waals surface area contributed by atoms with Crippen molar-refractivity contribution < 1.29 is 0 Å². The van der Waals surface area contributed by atoms with E-state index in [1.807, 2.05) is 0 Å². The Hall–Kier alpha value is -0.260. The van der Waals surface area contributed by atoms with Crippen LogP contribution in [0.4, 0.5) is 0 Å². The highest BCUT2D eigenvalue weighted by Crippen LogP contribution is 2.19. The predicted molar refractivity (Wildman–Crippen MR) is 52.7 cm³/mol. The van der Waals surface area contributed by atoms with Gasteiger partial charge in [0.15, 0.2) is 0 Å². The molecular weight excluding hydrogens is 132 g/mol. The Morgan fingerprint density at radius 1 is 1.27 bits per heavy atom. The van der Waals surface area contributed by atoms with Crippen molar-refractivity contribution in [1.82, 2.24) is 0 Å². The second-order valence-electron chi connectivity index (χ2n) is 3.77. The third kappa shape index (κ3) is 4.23. The van der Waals surface area contributed by atoms with Gasteiger partial charge in [-0.05, 0) is 25.2 Å². The van der Waals surface area contributed by atoms with Gasteiger partial charge in [-0.25, -0.2) is 0 Å². The smallest absolute Gasteiger partial charge is 0.0211 e. The molecule has 0 saturated carbocycles. The van der Waals surface area contributed by atoms with Gasteiger partial charge in [0.25, 0.3) is 0 Å². The van der Waals surface area contributed by atoms with Crippen LogP contribution in [0, 0.1) is 11.8 Å². The second kappa shape index (κ2) is 5.40. The van der Waals surface area contributed by atoms with Crippen molar-refractivity contribution in [2.45, 2.75) is 47.5 Å². The van der Waals surface area contributed by atoms with E-state index in [0.29, 0.717) is 0 Å². The first-order valence-electron chi connectivity index (χ1n) is 4.76. The lowest BCUT2D eigenvalue weighted by atomic mass is 9.90. The summed E-state index contributed by atoms with van der Waals surface area (Å²) >= 11 is 0. The number of rotatable bonds is 4. The molecule has 0 amide bonds. The maximum atomic E-state index is 2.38. The van der Waals surface area contributed by atoms with E-state index in [2.05, 4.69) is 40.7 Å². The lowest BCUT2D eigenvalue weighted by Crippen LogP contribution is -2.04. The highest BCUT2D eigenvalue weighted by molar-refractivity contribution is 5.02. The number of unbranched alkanes of at least 4 members (excludes halogenated alkanes) is 1. The molecule has 0 saturated heterocycles. The van der Waals surface area contributed by atoms with Crippen LogP contribution in [0.15, 0.2) is 11.6 Å². The van der Waals surface area contributed by atoms with Crippen molar-refractivity contribution in [2.75, 3.05) is 0 Å². The summed E-state index contributed by atoms with van der Waals surface area (Å²) in [4.78, 5) is 0. The summed E-state index contributed by atoms with van der Waals surface area (Å²) in [5, 5.41) is 0. The molecule has 11 heavy (non-hydrogen) atoms. The van der Waals surface area contributed by atoms with E-state index in [1.165, 1.54) is 12.8 Å². The molecule has 0 aromatic carbocycles. The van der Waals surface area contributed by atoms with E-state index < -0.39 is 0 Å². The monoisotopic (exact) mass is 154 g/mol. The summed E-state index contributed by atoms with van der Waals surface area (Å²) in [7, 11) is 0. The molecule has 0 N–H and O–H groups in total. The minimum Gasteiger partial charge on any atom is -0.0853 e. The van der Waals surface area contributed by atoms with Crippen molar-refractivity contribution >= 4 is 0 Å². The first-order valence-corrected chi connectivity index (χ1v) is 4.76. The molecule has 0 spiro atoms. The Balaban J connectivity index is 3.89. The van der Waals surface area contributed by atoms with Gasteiger partial charge >= 0.3 is 0 Å². The molecule has 66 valence electrons. The van der Waals surface area contributed by atoms with Crippen LogP contribution in [0.5, 0.6) is 0 Å². The largest absolute Gasteiger partial charge is 0.0853 e. The maximum absolute atomic E-state index is 2.38. The van der Waals surface area contributed by atoms with Crippen LogP contribution in [0.3, 0.4) is 0 Å². The molecule has 0 aromatic rings. The Morgan fingerprint density at radius 3 is 2.18 bits per heavy atom. The SMILES string of the molecule is CCC/C=C(\C)C(C)C(C)C. The molecule has 0 aliphatic heterocycles. The zero-order valence-corrected chi connectivity index (χ0v) is 8.65. The molecule has 1 atom stereocenters. The van der Waals surface area contributed by atoms with Gasteiger partial charge in [0.2, 0.25) is 0 Å². The number of hydrogen-bond donors (Lipinski definition) is 0. The Morgan fingerprint density at radius 2 is 1.82 bits per heavy atom. The third-order valence-corrected chi connectivity index (χ3v) is 2.47. The van der Waals surface area contributed by atoms with E-state index >= 15 is 0 Å². The second-order valence-corrected chi connectivity index (χ2v) is 3.77. The topological polar surface area (TPSA) is 0 Å². The maximum Gasteiger partial charge on any atom is -0.0211 e. The molecule has 0 nitrogen and oxygen atoms in total. The molecule has 0 aromatic heterocycles. The molecule has 0 heteroatoms. The summed E-state index contributed by atoms with van der Waals surface area (Å²) in [6.07, 6.45) is 4.88. The summed E-state index contributed by atoms with van der Waals surface area (Å²) in [6, 6.07) is 0. The highest BCUT2D eigenvalue weighted by atomic mass is 14.1. The standard InChI is InChI=1S/C11H22/c1-6-7-8-10(4)11(5)9(2)3/h8-9,11H,6-7H2,1-5H3/b10-8+. The third-order valence-electron chi connectivity index (χ3n) is 2.47. The summed E-state index contributed by atoms with van der Waals surface area (Å²) in [5.41, 5.74) is 1.56. The van der Waals surface area contributed by atoms with E-state index in [0.717, 1.165) is 11.8 Å². The normalized spacial score (nSPS) is 15.6. The van der Waals surface area contributed by atoms with Crippen LogP contribution >= 0.6 is 0 Å². The molecule has 0 aliphatic carbocycles. The molecule has 0 bridgehead atoms. The quantitative estimate of drug-likeness (QED) is 0.536. The van der Waals surface area contributed by atoms with Gasteiger partial charge in [0.1, 0.15) is 0 Å². The van der Waals surface area contributed by atoms with Crippen LogP contribution in [-0.2, 0) is 0 Å². The van der Waals surface area contributed by atoms with E-state index in [4.69, 9.17) is 0 Å². The van der Waals surface area contributed by atoms with Crippen LogP contribution in [0.25, 0.3) is 0 Å². The molecule has 0 aliphatic rings. The number of allylic oxidation sites excluding steroid dienone is 2. The number of hydrogen-bond acceptors (Lipinski definition) is 0. The van der Waals surface area contributed by atoms with Crippen LogP contribution in [0.1, 0.15) is 47.5 Å². The van der Waals surface area contributed by atoms with Crippen molar-refractivity contribution in [3.05, 3.63) is 11.6 Å². The summed E-state index contributed by atoms with van der Waals surface area (Å²) < 4.78 is 0. The zero-order valence-electron chi connectivity index (χ0n) is 8.65. The van der Waals surface area contributed by atoms with Crippen LogP contribution < -0.4 is 0 Å². The van der Waals surface area contributed by atoms with Gasteiger partial charge in [0, 0.05) is 0 Å². The van der Waals surface area contributed by atoms with Crippen LogP contribution in [-0.4, -0.2) is 0 Å². The predicted octanol–water partition coefficient (Wildman–Crippen LogP) is 4.02. The van der Waals surface area contributed by atoms with Crippen molar-refractivity contribution in [2.24, 2.45) is 11.8 Å². The Kier molecular flexibility index (Phi) is 5.27. The average Bonchev–Trinajstić information content (AvgIpc) is 1.98. The highest BCUT2D eigenvalue weighted by Gasteiger charge is 2.07. The van der Waals surface area contributed by atoms with Gasteiger partial charge in [-0.1, -0.05) is 45.8 Å². The molecule has 0 fully saturated rings. The molecule has 0 rings (SSSR count). The van der Waals surface area contributed by atoms with E-state index in [-0.39, 0.29) is 0 Å². The Labute approximate surface area is 71.7 Å². The lowest BCUT2D eigenvalue weighted by molar-refractivity contribution is 0.478. The van der Waals surface area contributed by atoms with Crippen molar-refractivity contribution in [1.29, 1.82) is 0 Å². The van der Waals surface area contributed by atoms with Gasteiger partial charge in [-0.15, -0.1) is 0 Å². The van der Waals surface area contributed by atoms with Crippen molar-refractivity contribution in [3.8, 4) is 0 Å². The first kappa shape index (κ1) is 10.7. The zero-order chi connectivity index (χ0) is 8.85. The first-order chi connectivity index (χ1) is 5.09. The Bertz CT molecular complexity index is 120. The van der Waals surface area contributed by atoms with Crippen molar-refractivity contribution in [3.63, 3.8) is 0 Å². The fourth-order valence-electron chi connectivity index (χ4n) is 1.08. The molecule has 0 radical (unpaired) electrons. The van der Waals surface area contributed by atoms with Gasteiger partial charge in [-0.2, -0.15) is 0 Å². The lowest BCUT2D eigenvalue weighted by Gasteiger charge is -2.16.